The summed E-state index contributed by atoms with van der Waals surface area (Å²) in [6, 6.07) is 2.04. The van der Waals surface area contributed by atoms with Crippen LogP contribution in [0.15, 0.2) is 15.9 Å². The van der Waals surface area contributed by atoms with E-state index in [1.165, 1.54) is 4.88 Å². The van der Waals surface area contributed by atoms with Crippen molar-refractivity contribution in [2.45, 2.75) is 6.42 Å². The van der Waals surface area contributed by atoms with Gasteiger partial charge in [0, 0.05) is 35.4 Å². The predicted molar refractivity (Wildman–Crippen MR) is 62.8 cm³/mol. The lowest BCUT2D eigenvalue weighted by Crippen LogP contribution is -2.36. The predicted octanol–water partition coefficient (Wildman–Crippen LogP) is 2.32. The van der Waals surface area contributed by atoms with E-state index in [9.17, 15) is 4.79 Å². The average Bonchev–Trinajstić information content (AvgIpc) is 2.59. The van der Waals surface area contributed by atoms with Crippen molar-refractivity contribution in [2.75, 3.05) is 20.6 Å². The van der Waals surface area contributed by atoms with Gasteiger partial charge in [0.25, 0.3) is 0 Å². The van der Waals surface area contributed by atoms with E-state index in [1.54, 1.807) is 30.3 Å². The Morgan fingerprint density at radius 3 is 2.93 bits per heavy atom. The summed E-state index contributed by atoms with van der Waals surface area (Å²) in [5.74, 6) is 0. The molecule has 0 unspecified atom stereocenters. The lowest BCUT2D eigenvalue weighted by atomic mass is 10.3. The number of hydrogen-bond donors (Lipinski definition) is 1. The molecule has 1 heterocycles. The molecule has 1 N–H and O–H groups in total. The molecular weight excluding hydrogens is 264 g/mol. The molecule has 1 aromatic heterocycles. The molecule has 0 aliphatic heterocycles. The molecule has 0 saturated carbocycles. The molecule has 0 aromatic carbocycles. The molecule has 0 aliphatic carbocycles. The van der Waals surface area contributed by atoms with E-state index < -0.39 is 0 Å². The van der Waals surface area contributed by atoms with E-state index in [1.807, 2.05) is 0 Å². The maximum Gasteiger partial charge on any atom is 0.316 e. The normalized spacial score (nSPS) is 9.93. The van der Waals surface area contributed by atoms with Gasteiger partial charge >= 0.3 is 6.03 Å². The Bertz CT molecular complexity index is 314. The molecule has 2 amide bonds. The highest BCUT2D eigenvalue weighted by atomic mass is 79.9. The number of hydrogen-bond acceptors (Lipinski definition) is 2. The van der Waals surface area contributed by atoms with E-state index in [0.717, 1.165) is 17.4 Å². The van der Waals surface area contributed by atoms with Gasteiger partial charge in [-0.25, -0.2) is 4.79 Å². The molecule has 0 fully saturated rings. The van der Waals surface area contributed by atoms with Crippen LogP contribution in [0.2, 0.25) is 0 Å². The molecular formula is C9H13BrN2OS. The maximum atomic E-state index is 11.1. The Kier molecular flexibility index (Phi) is 4.41. The van der Waals surface area contributed by atoms with Crippen molar-refractivity contribution < 1.29 is 4.79 Å². The number of carbonyl (C=O) groups excluding carboxylic acids is 1. The van der Waals surface area contributed by atoms with E-state index >= 15 is 0 Å². The standard InChI is InChI=1S/C9H13BrN2OS/c1-11-9(13)12(2)4-3-8-5-7(10)6-14-8/h5-6H,3-4H2,1-2H3,(H,11,13). The highest BCUT2D eigenvalue weighted by Crippen LogP contribution is 2.20. The SMILES string of the molecule is CNC(=O)N(C)CCc1cc(Br)cs1. The minimum absolute atomic E-state index is 0.0411. The zero-order chi connectivity index (χ0) is 10.6. The number of likely N-dealkylation sites (N-methyl/N-ethyl adjacent to an activating group) is 1. The Morgan fingerprint density at radius 1 is 1.71 bits per heavy atom. The molecule has 0 radical (unpaired) electrons. The first-order valence-electron chi connectivity index (χ1n) is 4.29. The Balaban J connectivity index is 2.37. The molecule has 1 rings (SSSR count). The summed E-state index contributed by atoms with van der Waals surface area (Å²) >= 11 is 5.10. The minimum Gasteiger partial charge on any atom is -0.341 e. The number of nitrogens with zero attached hydrogens (tertiary/aromatic N) is 1. The van der Waals surface area contributed by atoms with E-state index in [2.05, 4.69) is 32.7 Å². The van der Waals surface area contributed by atoms with Crippen LogP contribution >= 0.6 is 27.3 Å². The lowest BCUT2D eigenvalue weighted by molar-refractivity contribution is 0.212. The second-order valence-corrected chi connectivity index (χ2v) is 4.87. The molecule has 0 aliphatic rings. The van der Waals surface area contributed by atoms with Crippen LogP contribution in [0.3, 0.4) is 0 Å². The number of rotatable bonds is 3. The topological polar surface area (TPSA) is 32.3 Å². The Morgan fingerprint density at radius 2 is 2.43 bits per heavy atom. The van der Waals surface area contributed by atoms with Crippen LogP contribution in [-0.4, -0.2) is 31.6 Å². The van der Waals surface area contributed by atoms with Gasteiger partial charge in [-0.1, -0.05) is 0 Å². The number of nitrogens with one attached hydrogen (secondary N) is 1. The van der Waals surface area contributed by atoms with Crippen LogP contribution in [0.25, 0.3) is 0 Å². The molecule has 0 bridgehead atoms. The van der Waals surface area contributed by atoms with Crippen LogP contribution in [0.4, 0.5) is 4.79 Å². The second-order valence-electron chi connectivity index (χ2n) is 2.96. The van der Waals surface area contributed by atoms with Crippen molar-refractivity contribution in [3.8, 4) is 0 Å². The summed E-state index contributed by atoms with van der Waals surface area (Å²) < 4.78 is 1.11. The molecule has 0 spiro atoms. The quantitative estimate of drug-likeness (QED) is 0.903. The molecule has 5 heteroatoms. The van der Waals surface area contributed by atoms with Crippen molar-refractivity contribution in [1.29, 1.82) is 0 Å². The first kappa shape index (κ1) is 11.5. The number of halogens is 1. The van der Waals surface area contributed by atoms with Crippen molar-refractivity contribution in [1.82, 2.24) is 10.2 Å². The molecule has 0 saturated heterocycles. The van der Waals surface area contributed by atoms with Crippen molar-refractivity contribution in [3.63, 3.8) is 0 Å². The van der Waals surface area contributed by atoms with Crippen molar-refractivity contribution in [2.24, 2.45) is 0 Å². The van der Waals surface area contributed by atoms with Crippen LogP contribution in [0.5, 0.6) is 0 Å². The van der Waals surface area contributed by atoms with E-state index in [-0.39, 0.29) is 6.03 Å². The van der Waals surface area contributed by atoms with Crippen LogP contribution in [-0.2, 0) is 6.42 Å². The third-order valence-electron chi connectivity index (χ3n) is 1.88. The number of thiophene rings is 1. The monoisotopic (exact) mass is 276 g/mol. The van der Waals surface area contributed by atoms with Gasteiger partial charge in [-0.05, 0) is 28.4 Å². The molecule has 0 atom stereocenters. The molecule has 14 heavy (non-hydrogen) atoms. The third kappa shape index (κ3) is 3.31. The summed E-state index contributed by atoms with van der Waals surface area (Å²) in [6.07, 6.45) is 0.903. The largest absolute Gasteiger partial charge is 0.341 e. The van der Waals surface area contributed by atoms with E-state index in [0.29, 0.717) is 0 Å². The fourth-order valence-corrected chi connectivity index (χ4v) is 2.50. The second kappa shape index (κ2) is 5.36. The van der Waals surface area contributed by atoms with Gasteiger partial charge in [0.15, 0.2) is 0 Å². The first-order valence-corrected chi connectivity index (χ1v) is 5.96. The Labute approximate surface area is 96.2 Å². The lowest BCUT2D eigenvalue weighted by Gasteiger charge is -2.15. The maximum absolute atomic E-state index is 11.1. The number of carbonyl (C=O) groups is 1. The smallest absolute Gasteiger partial charge is 0.316 e. The van der Waals surface area contributed by atoms with Gasteiger partial charge < -0.3 is 10.2 Å². The molecule has 3 nitrogen and oxygen atoms in total. The van der Waals surface area contributed by atoms with E-state index in [4.69, 9.17) is 0 Å². The highest BCUT2D eigenvalue weighted by Gasteiger charge is 2.06. The number of amides is 2. The van der Waals surface area contributed by atoms with Gasteiger partial charge in [-0.15, -0.1) is 11.3 Å². The van der Waals surface area contributed by atoms with Gasteiger partial charge in [-0.2, -0.15) is 0 Å². The first-order chi connectivity index (χ1) is 6.63. The summed E-state index contributed by atoms with van der Waals surface area (Å²) in [4.78, 5) is 14.1. The molecule has 78 valence electrons. The Hall–Kier alpha value is -0.550. The van der Waals surface area contributed by atoms with Gasteiger partial charge in [0.1, 0.15) is 0 Å². The highest BCUT2D eigenvalue weighted by molar-refractivity contribution is 9.10. The summed E-state index contributed by atoms with van der Waals surface area (Å²) in [5.41, 5.74) is 0. The van der Waals surface area contributed by atoms with Crippen LogP contribution in [0, 0.1) is 0 Å². The summed E-state index contributed by atoms with van der Waals surface area (Å²) in [6.45, 7) is 0.743. The summed E-state index contributed by atoms with van der Waals surface area (Å²) in [7, 11) is 3.43. The summed E-state index contributed by atoms with van der Waals surface area (Å²) in [5, 5.41) is 4.64. The van der Waals surface area contributed by atoms with Crippen LogP contribution < -0.4 is 5.32 Å². The van der Waals surface area contributed by atoms with Gasteiger partial charge in [0.2, 0.25) is 0 Å². The van der Waals surface area contributed by atoms with Gasteiger partial charge in [0.05, 0.1) is 0 Å². The van der Waals surface area contributed by atoms with Gasteiger partial charge in [-0.3, -0.25) is 0 Å². The molecule has 1 aromatic rings. The minimum atomic E-state index is -0.0411. The number of urea groups is 1. The fourth-order valence-electron chi connectivity index (χ4n) is 1.06. The van der Waals surface area contributed by atoms with Crippen LogP contribution in [0.1, 0.15) is 4.88 Å². The third-order valence-corrected chi connectivity index (χ3v) is 3.63. The zero-order valence-electron chi connectivity index (χ0n) is 8.21. The fraction of sp³-hybridized carbons (Fsp3) is 0.444. The zero-order valence-corrected chi connectivity index (χ0v) is 10.6. The average molecular weight is 277 g/mol. The van der Waals surface area contributed by atoms with Crippen molar-refractivity contribution >= 4 is 33.3 Å². The van der Waals surface area contributed by atoms with Crippen molar-refractivity contribution in [3.05, 3.63) is 20.8 Å².